The van der Waals surface area contributed by atoms with E-state index >= 15 is 0 Å². The van der Waals surface area contributed by atoms with E-state index < -0.39 is 11.6 Å². The van der Waals surface area contributed by atoms with Crippen LogP contribution in [0.2, 0.25) is 0 Å². The third-order valence-electron chi connectivity index (χ3n) is 1.72. The van der Waals surface area contributed by atoms with Crippen molar-refractivity contribution in [1.29, 1.82) is 0 Å². The van der Waals surface area contributed by atoms with Gasteiger partial charge in [-0.2, -0.15) is 0 Å². The highest BCUT2D eigenvalue weighted by atomic mass is 16.4. The summed E-state index contributed by atoms with van der Waals surface area (Å²) in [6.45, 7) is 0. The van der Waals surface area contributed by atoms with Gasteiger partial charge in [0.25, 0.3) is 0 Å². The van der Waals surface area contributed by atoms with Crippen LogP contribution in [0.4, 0.5) is 0 Å². The van der Waals surface area contributed by atoms with E-state index in [0.717, 1.165) is 6.20 Å². The number of nitrogens with zero attached hydrogens (tertiary/aromatic N) is 1. The number of carboxylic acid groups (broad SMARTS) is 1. The van der Waals surface area contributed by atoms with Gasteiger partial charge in [-0.3, -0.25) is 0 Å². The van der Waals surface area contributed by atoms with Gasteiger partial charge in [-0.05, 0) is 12.1 Å². The second kappa shape index (κ2) is 2.95. The summed E-state index contributed by atoms with van der Waals surface area (Å²) in [5.74, 6) is -1.06. The zero-order valence-electron chi connectivity index (χ0n) is 6.93. The highest BCUT2D eigenvalue weighted by Gasteiger charge is 2.05. The van der Waals surface area contributed by atoms with Crippen molar-refractivity contribution in [3.63, 3.8) is 0 Å². The van der Waals surface area contributed by atoms with E-state index in [1.165, 1.54) is 18.2 Å². The molecule has 5 nitrogen and oxygen atoms in total. The monoisotopic (exact) mass is 191 g/mol. The molecule has 14 heavy (non-hydrogen) atoms. The number of hydrogen-bond donors (Lipinski definition) is 1. The van der Waals surface area contributed by atoms with Gasteiger partial charge in [0, 0.05) is 17.6 Å². The highest BCUT2D eigenvalue weighted by molar-refractivity contribution is 5.91. The standard InChI is InChI=1S/C9H5NO4/c11-7-2-1-5-3-6(9(12)13)4-10-8(5)14-7/h1-4H,(H,12,13). The fraction of sp³-hybridized carbons (Fsp3) is 0. The first kappa shape index (κ1) is 8.43. The van der Waals surface area contributed by atoms with Gasteiger partial charge in [-0.15, -0.1) is 0 Å². The summed E-state index contributed by atoms with van der Waals surface area (Å²) in [6, 6.07) is 4.09. The van der Waals surface area contributed by atoms with Crippen molar-refractivity contribution in [1.82, 2.24) is 4.98 Å². The van der Waals surface area contributed by atoms with Gasteiger partial charge in [-0.1, -0.05) is 0 Å². The Labute approximate surface area is 77.6 Å². The van der Waals surface area contributed by atoms with Crippen LogP contribution in [0.25, 0.3) is 11.1 Å². The second-order valence-corrected chi connectivity index (χ2v) is 2.68. The molecule has 0 atom stereocenters. The Morgan fingerprint density at radius 3 is 2.93 bits per heavy atom. The number of rotatable bonds is 1. The maximum atomic E-state index is 10.8. The molecule has 2 rings (SSSR count). The summed E-state index contributed by atoms with van der Waals surface area (Å²) >= 11 is 0. The largest absolute Gasteiger partial charge is 0.478 e. The molecule has 2 heterocycles. The highest BCUT2D eigenvalue weighted by Crippen LogP contribution is 2.10. The average Bonchev–Trinajstić information content (AvgIpc) is 2.16. The number of carbonyl (C=O) groups is 1. The zero-order valence-corrected chi connectivity index (χ0v) is 6.93. The lowest BCUT2D eigenvalue weighted by Crippen LogP contribution is -2.00. The number of fused-ring (bicyclic) bond motifs is 1. The third kappa shape index (κ3) is 1.35. The molecule has 0 aliphatic carbocycles. The normalized spacial score (nSPS) is 10.3. The molecule has 0 saturated heterocycles. The molecule has 0 spiro atoms. The van der Waals surface area contributed by atoms with Crippen molar-refractivity contribution < 1.29 is 14.3 Å². The van der Waals surface area contributed by atoms with Crippen molar-refractivity contribution in [2.75, 3.05) is 0 Å². The van der Waals surface area contributed by atoms with Crippen molar-refractivity contribution in [2.45, 2.75) is 0 Å². The lowest BCUT2D eigenvalue weighted by Gasteiger charge is -1.96. The van der Waals surface area contributed by atoms with E-state index in [4.69, 9.17) is 9.52 Å². The molecular formula is C9H5NO4. The Hall–Kier alpha value is -2.17. The summed E-state index contributed by atoms with van der Waals surface area (Å²) in [4.78, 5) is 25.1. The van der Waals surface area contributed by atoms with Crippen LogP contribution < -0.4 is 5.63 Å². The van der Waals surface area contributed by atoms with Crippen LogP contribution in [-0.4, -0.2) is 16.1 Å². The van der Waals surface area contributed by atoms with Crippen molar-refractivity contribution in [3.05, 3.63) is 40.4 Å². The Morgan fingerprint density at radius 1 is 1.43 bits per heavy atom. The van der Waals surface area contributed by atoms with Gasteiger partial charge >= 0.3 is 11.6 Å². The summed E-state index contributed by atoms with van der Waals surface area (Å²) in [7, 11) is 0. The quantitative estimate of drug-likeness (QED) is 0.723. The Morgan fingerprint density at radius 2 is 2.21 bits per heavy atom. The molecule has 0 aliphatic rings. The van der Waals surface area contributed by atoms with Crippen LogP contribution in [0, 0.1) is 0 Å². The van der Waals surface area contributed by atoms with E-state index in [2.05, 4.69) is 4.98 Å². The minimum atomic E-state index is -1.06. The minimum absolute atomic E-state index is 0.0614. The molecule has 2 aromatic heterocycles. The van der Waals surface area contributed by atoms with Crippen molar-refractivity contribution in [2.24, 2.45) is 0 Å². The average molecular weight is 191 g/mol. The van der Waals surface area contributed by atoms with Gasteiger partial charge in [0.1, 0.15) is 0 Å². The number of pyridine rings is 1. The van der Waals surface area contributed by atoms with Crippen LogP contribution in [0.15, 0.2) is 33.6 Å². The molecule has 0 saturated carbocycles. The lowest BCUT2D eigenvalue weighted by molar-refractivity contribution is 0.0696. The summed E-state index contributed by atoms with van der Waals surface area (Å²) in [5, 5.41) is 9.16. The first-order valence-electron chi connectivity index (χ1n) is 3.80. The minimum Gasteiger partial charge on any atom is -0.478 e. The van der Waals surface area contributed by atoms with Crippen LogP contribution >= 0.6 is 0 Å². The molecule has 0 amide bonds. The molecule has 0 aromatic carbocycles. The van der Waals surface area contributed by atoms with E-state index in [1.807, 2.05) is 0 Å². The second-order valence-electron chi connectivity index (χ2n) is 2.68. The molecule has 1 N–H and O–H groups in total. The maximum absolute atomic E-state index is 10.8. The molecule has 0 fully saturated rings. The van der Waals surface area contributed by atoms with Crippen molar-refractivity contribution in [3.8, 4) is 0 Å². The predicted molar refractivity (Wildman–Crippen MR) is 47.2 cm³/mol. The fourth-order valence-corrected chi connectivity index (χ4v) is 1.08. The van der Waals surface area contributed by atoms with E-state index in [1.54, 1.807) is 0 Å². The SMILES string of the molecule is O=C(O)c1cnc2oc(=O)ccc2c1. The van der Waals surface area contributed by atoms with Crippen LogP contribution in [0.5, 0.6) is 0 Å². The third-order valence-corrected chi connectivity index (χ3v) is 1.72. The Kier molecular flexibility index (Phi) is 1.78. The van der Waals surface area contributed by atoms with Crippen LogP contribution in [-0.2, 0) is 0 Å². The van der Waals surface area contributed by atoms with Gasteiger partial charge < -0.3 is 9.52 Å². The molecular weight excluding hydrogens is 186 g/mol. The first-order chi connectivity index (χ1) is 6.66. The topological polar surface area (TPSA) is 80.4 Å². The van der Waals surface area contributed by atoms with Gasteiger partial charge in [0.15, 0.2) is 0 Å². The molecule has 0 unspecified atom stereocenters. The number of aromatic carboxylic acids is 1. The van der Waals surface area contributed by atoms with Gasteiger partial charge in [0.2, 0.25) is 5.71 Å². The Bertz CT molecular complexity index is 558. The number of aromatic nitrogens is 1. The Balaban J connectivity index is 2.73. The molecule has 5 heteroatoms. The summed E-state index contributed by atoms with van der Waals surface area (Å²) in [5.41, 5.74) is -0.304. The van der Waals surface area contributed by atoms with Crippen LogP contribution in [0.3, 0.4) is 0 Å². The van der Waals surface area contributed by atoms with Gasteiger partial charge in [0.05, 0.1) is 5.56 Å². The van der Waals surface area contributed by atoms with Crippen molar-refractivity contribution >= 4 is 17.1 Å². The van der Waals surface area contributed by atoms with E-state index in [9.17, 15) is 9.59 Å². The summed E-state index contributed by atoms with van der Waals surface area (Å²) < 4.78 is 4.74. The lowest BCUT2D eigenvalue weighted by atomic mass is 10.2. The number of carboxylic acids is 1. The first-order valence-corrected chi connectivity index (χ1v) is 3.80. The van der Waals surface area contributed by atoms with E-state index in [0.29, 0.717) is 5.39 Å². The number of hydrogen-bond acceptors (Lipinski definition) is 4. The smallest absolute Gasteiger partial charge is 0.337 e. The van der Waals surface area contributed by atoms with Crippen LogP contribution in [0.1, 0.15) is 10.4 Å². The molecule has 70 valence electrons. The molecule has 0 aliphatic heterocycles. The van der Waals surface area contributed by atoms with Gasteiger partial charge in [-0.25, -0.2) is 14.6 Å². The van der Waals surface area contributed by atoms with E-state index in [-0.39, 0.29) is 11.3 Å². The predicted octanol–water partition coefficient (Wildman–Crippen LogP) is 0.886. The summed E-state index contributed by atoms with van der Waals surface area (Å²) in [6.07, 6.45) is 1.15. The zero-order chi connectivity index (χ0) is 10.1. The fourth-order valence-electron chi connectivity index (χ4n) is 1.08. The maximum Gasteiger partial charge on any atom is 0.337 e. The molecule has 0 bridgehead atoms. The molecule has 0 radical (unpaired) electrons. The molecule has 2 aromatic rings.